The second kappa shape index (κ2) is 7.15. The number of hydrogen-bond acceptors (Lipinski definition) is 4. The van der Waals surface area contributed by atoms with E-state index in [1.165, 1.54) is 12.8 Å². The molecule has 3 heterocycles. The normalized spacial score (nSPS) is 14.9. The molecule has 0 amide bonds. The largest absolute Gasteiger partial charge is 0.370 e. The molecule has 1 aliphatic rings. The van der Waals surface area contributed by atoms with Gasteiger partial charge in [-0.3, -0.25) is 0 Å². The zero-order chi connectivity index (χ0) is 20.0. The van der Waals surface area contributed by atoms with Gasteiger partial charge in [-0.25, -0.2) is 13.4 Å². The summed E-state index contributed by atoms with van der Waals surface area (Å²) in [5, 5.41) is 2.06. The maximum Gasteiger partial charge on any atom is 0.182 e. The number of fused-ring (bicyclic) bond motifs is 3. The molecule has 0 bridgehead atoms. The monoisotopic (exact) mass is 469 g/mol. The Morgan fingerprint density at radius 3 is 2.59 bits per heavy atom. The molecule has 1 N–H and O–H groups in total. The Bertz CT molecular complexity index is 1310. The van der Waals surface area contributed by atoms with Gasteiger partial charge in [0.25, 0.3) is 0 Å². The van der Waals surface area contributed by atoms with Crippen LogP contribution in [0.25, 0.3) is 21.9 Å². The molecule has 0 saturated carbocycles. The standard InChI is InChI=1S/C22H20BrN3O2S/c23-18-13-24-22-20(21(18)26-10-4-5-11-26)17-12-15(8-9-19(17)25-22)14-29(27,28)16-6-2-1-3-7-16/h1-3,6-9,12-13H,4-5,10-11,14H2,(H,24,25). The maximum atomic E-state index is 12.8. The Balaban J connectivity index is 1.64. The minimum Gasteiger partial charge on any atom is -0.370 e. The first-order chi connectivity index (χ1) is 14.0. The summed E-state index contributed by atoms with van der Waals surface area (Å²) in [5.74, 6) is -0.0277. The van der Waals surface area contributed by atoms with E-state index < -0.39 is 9.84 Å². The number of H-pyrrole nitrogens is 1. The van der Waals surface area contributed by atoms with Crippen molar-refractivity contribution in [1.82, 2.24) is 9.97 Å². The van der Waals surface area contributed by atoms with E-state index >= 15 is 0 Å². The number of nitrogens with zero attached hydrogens (tertiary/aromatic N) is 2. The predicted octanol–water partition coefficient (Wildman–Crippen LogP) is 5.05. The third-order valence-electron chi connectivity index (χ3n) is 5.49. The molecule has 2 aromatic carbocycles. The van der Waals surface area contributed by atoms with Crippen LogP contribution in [0.2, 0.25) is 0 Å². The topological polar surface area (TPSA) is 66.1 Å². The van der Waals surface area contributed by atoms with Crippen molar-refractivity contribution in [2.45, 2.75) is 23.5 Å². The van der Waals surface area contributed by atoms with Crippen LogP contribution < -0.4 is 4.90 Å². The zero-order valence-electron chi connectivity index (χ0n) is 15.7. The SMILES string of the molecule is O=S(=O)(Cc1ccc2[nH]c3ncc(Br)c(N4CCCC4)c3c2c1)c1ccccc1. The Hall–Kier alpha value is -2.38. The average Bonchev–Trinajstić information content (AvgIpc) is 3.36. The Kier molecular flexibility index (Phi) is 4.59. The van der Waals surface area contributed by atoms with Crippen molar-refractivity contribution in [2.24, 2.45) is 0 Å². The van der Waals surface area contributed by atoms with Crippen LogP contribution in [0.5, 0.6) is 0 Å². The second-order valence-corrected chi connectivity index (χ2v) is 10.3. The second-order valence-electron chi connectivity index (χ2n) is 7.45. The van der Waals surface area contributed by atoms with E-state index in [4.69, 9.17) is 0 Å². The number of hydrogen-bond donors (Lipinski definition) is 1. The summed E-state index contributed by atoms with van der Waals surface area (Å²) < 4.78 is 26.6. The van der Waals surface area contributed by atoms with E-state index in [0.29, 0.717) is 4.90 Å². The number of halogens is 1. The first kappa shape index (κ1) is 18.6. The van der Waals surface area contributed by atoms with Crippen LogP contribution >= 0.6 is 15.9 Å². The number of sulfone groups is 1. The summed E-state index contributed by atoms with van der Waals surface area (Å²) in [6.07, 6.45) is 4.20. The molecule has 148 valence electrons. The third kappa shape index (κ3) is 3.32. The molecule has 5 nitrogen and oxygen atoms in total. The highest BCUT2D eigenvalue weighted by Gasteiger charge is 2.22. The number of aromatic amines is 1. The Labute approximate surface area is 177 Å². The number of anilines is 1. The van der Waals surface area contributed by atoms with Gasteiger partial charge in [0, 0.05) is 30.2 Å². The van der Waals surface area contributed by atoms with Crippen LogP contribution in [0.15, 0.2) is 64.1 Å². The molecule has 0 aliphatic carbocycles. The van der Waals surface area contributed by atoms with Crippen molar-refractivity contribution in [3.05, 3.63) is 64.8 Å². The zero-order valence-corrected chi connectivity index (χ0v) is 18.1. The van der Waals surface area contributed by atoms with Gasteiger partial charge in [0.1, 0.15) is 5.65 Å². The maximum absolute atomic E-state index is 12.8. The molecule has 0 atom stereocenters. The van der Waals surface area contributed by atoms with Crippen molar-refractivity contribution < 1.29 is 8.42 Å². The van der Waals surface area contributed by atoms with Gasteiger partial charge in [0.05, 0.1) is 26.2 Å². The minimum atomic E-state index is -3.40. The summed E-state index contributed by atoms with van der Waals surface area (Å²) in [5.41, 5.74) is 3.71. The van der Waals surface area contributed by atoms with Crippen LogP contribution in [0, 0.1) is 0 Å². The minimum absolute atomic E-state index is 0.0277. The molecule has 0 radical (unpaired) electrons. The van der Waals surface area contributed by atoms with Crippen molar-refractivity contribution in [1.29, 1.82) is 0 Å². The molecule has 1 fully saturated rings. The third-order valence-corrected chi connectivity index (χ3v) is 7.78. The van der Waals surface area contributed by atoms with Crippen molar-refractivity contribution in [2.75, 3.05) is 18.0 Å². The van der Waals surface area contributed by atoms with Gasteiger partial charge < -0.3 is 9.88 Å². The molecule has 7 heteroatoms. The lowest BCUT2D eigenvalue weighted by atomic mass is 10.1. The molecule has 4 aromatic rings. The molecular weight excluding hydrogens is 450 g/mol. The molecular formula is C22H20BrN3O2S. The summed E-state index contributed by atoms with van der Waals surface area (Å²) in [4.78, 5) is 10.7. The van der Waals surface area contributed by atoms with Crippen LogP contribution in [-0.4, -0.2) is 31.5 Å². The number of nitrogens with one attached hydrogen (secondary N) is 1. The van der Waals surface area contributed by atoms with Crippen LogP contribution in [0.3, 0.4) is 0 Å². The van der Waals surface area contributed by atoms with Gasteiger partial charge in [0.15, 0.2) is 9.84 Å². The highest BCUT2D eigenvalue weighted by Crippen LogP contribution is 2.39. The van der Waals surface area contributed by atoms with Crippen LogP contribution in [-0.2, 0) is 15.6 Å². The lowest BCUT2D eigenvalue weighted by molar-refractivity contribution is 0.595. The lowest BCUT2D eigenvalue weighted by Crippen LogP contribution is -2.18. The Morgan fingerprint density at radius 1 is 1.07 bits per heavy atom. The van der Waals surface area contributed by atoms with E-state index in [1.807, 2.05) is 30.5 Å². The fourth-order valence-electron chi connectivity index (χ4n) is 4.13. The lowest BCUT2D eigenvalue weighted by Gasteiger charge is -2.20. The highest BCUT2D eigenvalue weighted by molar-refractivity contribution is 9.10. The van der Waals surface area contributed by atoms with Crippen LogP contribution in [0.4, 0.5) is 5.69 Å². The van der Waals surface area contributed by atoms with E-state index in [9.17, 15) is 8.42 Å². The molecule has 1 aliphatic heterocycles. The smallest absolute Gasteiger partial charge is 0.182 e. The summed E-state index contributed by atoms with van der Waals surface area (Å²) in [6.45, 7) is 2.04. The van der Waals surface area contributed by atoms with Gasteiger partial charge in [-0.2, -0.15) is 0 Å². The van der Waals surface area contributed by atoms with E-state index in [1.54, 1.807) is 24.3 Å². The quantitative estimate of drug-likeness (QED) is 0.453. The van der Waals surface area contributed by atoms with Crippen molar-refractivity contribution in [3.63, 3.8) is 0 Å². The Morgan fingerprint density at radius 2 is 1.83 bits per heavy atom. The van der Waals surface area contributed by atoms with Gasteiger partial charge in [-0.1, -0.05) is 24.3 Å². The molecule has 0 unspecified atom stereocenters. The number of pyridine rings is 1. The van der Waals surface area contributed by atoms with Crippen LogP contribution in [0.1, 0.15) is 18.4 Å². The fraction of sp³-hybridized carbons (Fsp3) is 0.227. The van der Waals surface area contributed by atoms with E-state index in [0.717, 1.165) is 50.7 Å². The molecule has 29 heavy (non-hydrogen) atoms. The highest BCUT2D eigenvalue weighted by atomic mass is 79.9. The number of benzene rings is 2. The molecule has 1 saturated heterocycles. The van der Waals surface area contributed by atoms with E-state index in [-0.39, 0.29) is 5.75 Å². The number of aromatic nitrogens is 2. The average molecular weight is 470 g/mol. The summed E-state index contributed by atoms with van der Waals surface area (Å²) in [6, 6.07) is 14.4. The van der Waals surface area contributed by atoms with E-state index in [2.05, 4.69) is 30.8 Å². The fourth-order valence-corrected chi connectivity index (χ4v) is 6.04. The molecule has 0 spiro atoms. The molecule has 5 rings (SSSR count). The van der Waals surface area contributed by atoms with Gasteiger partial charge in [0.2, 0.25) is 0 Å². The number of rotatable bonds is 4. The summed E-state index contributed by atoms with van der Waals surface area (Å²) in [7, 11) is -3.40. The first-order valence-corrected chi connectivity index (χ1v) is 12.1. The first-order valence-electron chi connectivity index (χ1n) is 9.64. The summed E-state index contributed by atoms with van der Waals surface area (Å²) >= 11 is 3.68. The molecule has 2 aromatic heterocycles. The van der Waals surface area contributed by atoms with Crippen molar-refractivity contribution >= 4 is 53.4 Å². The van der Waals surface area contributed by atoms with Gasteiger partial charge >= 0.3 is 0 Å². The van der Waals surface area contributed by atoms with Gasteiger partial charge in [-0.15, -0.1) is 0 Å². The van der Waals surface area contributed by atoms with Crippen molar-refractivity contribution in [3.8, 4) is 0 Å². The predicted molar refractivity (Wildman–Crippen MR) is 120 cm³/mol. The van der Waals surface area contributed by atoms with Gasteiger partial charge in [-0.05, 0) is 58.6 Å².